The van der Waals surface area contributed by atoms with E-state index < -0.39 is 37.1 Å². The van der Waals surface area contributed by atoms with Crippen molar-refractivity contribution >= 4 is 23.5 Å². The molecule has 1 aromatic carbocycles. The van der Waals surface area contributed by atoms with Crippen LogP contribution < -0.4 is 4.90 Å². The van der Waals surface area contributed by atoms with Crippen LogP contribution in [0.5, 0.6) is 0 Å². The van der Waals surface area contributed by atoms with Crippen LogP contribution >= 0.6 is 0 Å². The number of alkyl halides is 6. The molecule has 5 rings (SSSR count). The Labute approximate surface area is 201 Å². The second kappa shape index (κ2) is 9.40. The number of nitrogens with zero attached hydrogens (tertiary/aromatic N) is 6. The van der Waals surface area contributed by atoms with Crippen molar-refractivity contribution in [2.24, 2.45) is 0 Å². The number of hydrogen-bond acceptors (Lipinski definition) is 7. The Morgan fingerprint density at radius 3 is 2.27 bits per heavy atom. The number of aromatic amines is 1. The summed E-state index contributed by atoms with van der Waals surface area (Å²) in [6.45, 7) is -0.652. The number of H-pyrrole nitrogens is 1. The summed E-state index contributed by atoms with van der Waals surface area (Å²) < 4.78 is 76.3. The fourth-order valence-electron chi connectivity index (χ4n) is 3.19. The van der Waals surface area contributed by atoms with Crippen LogP contribution in [0.2, 0.25) is 0 Å². The van der Waals surface area contributed by atoms with Crippen molar-refractivity contribution in [3.63, 3.8) is 0 Å². The van der Waals surface area contributed by atoms with Gasteiger partial charge in [0, 0.05) is 17.3 Å². The van der Waals surface area contributed by atoms with Crippen molar-refractivity contribution in [3.05, 3.63) is 49.1 Å². The number of carbonyl (C=O) groups excluding carboxylic acids is 1. The minimum atomic E-state index is -5.08. The van der Waals surface area contributed by atoms with Crippen molar-refractivity contribution in [2.75, 3.05) is 11.4 Å². The molecule has 1 aliphatic rings. The number of anilines is 1. The number of cyclic esters (lactones) is 1. The molecule has 3 aromatic heterocycles. The van der Waals surface area contributed by atoms with Crippen LogP contribution in [0, 0.1) is 0 Å². The van der Waals surface area contributed by atoms with Crippen LogP contribution in [0.15, 0.2) is 49.1 Å². The maximum atomic E-state index is 12.9. The summed E-state index contributed by atoms with van der Waals surface area (Å²) in [6.07, 6.45) is -8.47. The second-order valence-corrected chi connectivity index (χ2v) is 7.35. The van der Waals surface area contributed by atoms with E-state index in [1.807, 2.05) is 24.3 Å². The molecule has 1 atom stereocenters. The largest absolute Gasteiger partial charge is 0.490 e. The monoisotopic (exact) mass is 529 g/mol. The molecule has 1 fully saturated rings. The Kier molecular flexibility index (Phi) is 6.45. The molecule has 0 aliphatic carbocycles. The molecule has 37 heavy (non-hydrogen) atoms. The van der Waals surface area contributed by atoms with E-state index >= 15 is 0 Å². The number of hydrogen-bond donors (Lipinski definition) is 2. The highest BCUT2D eigenvalue weighted by Crippen LogP contribution is 2.32. The Balaban J connectivity index is 0.000000405. The fourth-order valence-corrected chi connectivity index (χ4v) is 3.19. The lowest BCUT2D eigenvalue weighted by Gasteiger charge is -2.13. The van der Waals surface area contributed by atoms with E-state index in [2.05, 4.69) is 30.0 Å². The average molecular weight is 529 g/mol. The lowest BCUT2D eigenvalue weighted by molar-refractivity contribution is -0.192. The predicted octanol–water partition coefficient (Wildman–Crippen LogP) is 3.70. The third kappa shape index (κ3) is 5.44. The van der Waals surface area contributed by atoms with Gasteiger partial charge in [-0.25, -0.2) is 24.1 Å². The molecule has 17 heteroatoms. The van der Waals surface area contributed by atoms with E-state index in [1.165, 1.54) is 23.1 Å². The van der Waals surface area contributed by atoms with Gasteiger partial charge in [-0.1, -0.05) is 24.3 Å². The van der Waals surface area contributed by atoms with Gasteiger partial charge in [0.1, 0.15) is 12.1 Å². The molecule has 1 amide bonds. The first kappa shape index (κ1) is 25.4. The van der Waals surface area contributed by atoms with E-state index in [4.69, 9.17) is 9.90 Å². The molecular weight excluding hydrogens is 516 g/mol. The lowest BCUT2D eigenvalue weighted by Crippen LogP contribution is -2.33. The summed E-state index contributed by atoms with van der Waals surface area (Å²) >= 11 is 0. The molecule has 1 aliphatic heterocycles. The number of carbonyl (C=O) groups is 2. The van der Waals surface area contributed by atoms with Crippen molar-refractivity contribution in [3.8, 4) is 22.5 Å². The van der Waals surface area contributed by atoms with Gasteiger partial charge in [0.2, 0.25) is 6.10 Å². The number of benzene rings is 1. The molecule has 0 radical (unpaired) electrons. The lowest BCUT2D eigenvalue weighted by atomic mass is 10.1. The number of carboxylic acids is 1. The first-order valence-electron chi connectivity index (χ1n) is 10.00. The third-order valence-electron chi connectivity index (χ3n) is 4.93. The van der Waals surface area contributed by atoms with Gasteiger partial charge in [-0.05, 0) is 11.6 Å². The first-order valence-corrected chi connectivity index (χ1v) is 10.00. The molecule has 11 nitrogen and oxygen atoms in total. The van der Waals surface area contributed by atoms with Crippen LogP contribution in [-0.4, -0.2) is 71.9 Å². The predicted molar refractivity (Wildman–Crippen MR) is 111 cm³/mol. The van der Waals surface area contributed by atoms with Gasteiger partial charge in [-0.2, -0.15) is 36.5 Å². The minimum absolute atomic E-state index is 0.0549. The highest BCUT2D eigenvalue weighted by Gasteiger charge is 2.50. The summed E-state index contributed by atoms with van der Waals surface area (Å²) in [5.41, 5.74) is 2.67. The van der Waals surface area contributed by atoms with Crippen LogP contribution in [0.4, 0.5) is 37.0 Å². The van der Waals surface area contributed by atoms with Crippen molar-refractivity contribution < 1.29 is 45.8 Å². The SMILES string of the molecule is O=C(O)C(F)(F)F.O=C1OC(C(F)(F)F)CN1c1ccn2ncc(-c3ccc(-c4ncn[nH]4)cc3)c2n1. The van der Waals surface area contributed by atoms with Crippen molar-refractivity contribution in [1.29, 1.82) is 0 Å². The van der Waals surface area contributed by atoms with Crippen LogP contribution in [-0.2, 0) is 9.53 Å². The Morgan fingerprint density at radius 2 is 1.73 bits per heavy atom. The number of aromatic nitrogens is 6. The van der Waals surface area contributed by atoms with Crippen LogP contribution in [0.1, 0.15) is 0 Å². The average Bonchev–Trinajstić information content (AvgIpc) is 3.58. The van der Waals surface area contributed by atoms with Crippen LogP contribution in [0.3, 0.4) is 0 Å². The zero-order valence-electron chi connectivity index (χ0n) is 18.0. The van der Waals surface area contributed by atoms with E-state index in [9.17, 15) is 31.1 Å². The number of carboxylic acid groups (broad SMARTS) is 1. The molecule has 1 saturated heterocycles. The summed E-state index contributed by atoms with van der Waals surface area (Å²) in [4.78, 5) is 30.1. The minimum Gasteiger partial charge on any atom is -0.475 e. The molecule has 4 aromatic rings. The standard InChI is InChI=1S/C18H12F3N7O2.C2HF3O2/c19-18(20,21)13-8-27(17(29)30-13)14-5-6-28-16(25-14)12(7-24-28)10-1-3-11(4-2-10)15-22-9-23-26-15;3-2(4,5)1(6)7/h1-7,9,13H,8H2,(H,22,23,26);(H,6,7). The number of halogens is 6. The van der Waals surface area contributed by atoms with E-state index in [-0.39, 0.29) is 5.82 Å². The zero-order chi connectivity index (χ0) is 27.0. The molecule has 0 bridgehead atoms. The third-order valence-corrected chi connectivity index (χ3v) is 4.93. The molecule has 194 valence electrons. The van der Waals surface area contributed by atoms with Gasteiger partial charge in [-0.3, -0.25) is 10.00 Å². The Morgan fingerprint density at radius 1 is 1.08 bits per heavy atom. The van der Waals surface area contributed by atoms with E-state index in [1.54, 1.807) is 6.20 Å². The van der Waals surface area contributed by atoms with Gasteiger partial charge < -0.3 is 9.84 Å². The highest BCUT2D eigenvalue weighted by atomic mass is 19.4. The Bertz CT molecular complexity index is 1420. The van der Waals surface area contributed by atoms with Gasteiger partial charge >= 0.3 is 24.4 Å². The summed E-state index contributed by atoms with van der Waals surface area (Å²) in [5.74, 6) is -2.08. The van der Waals surface area contributed by atoms with Crippen LogP contribution in [0.25, 0.3) is 28.2 Å². The molecule has 4 heterocycles. The van der Waals surface area contributed by atoms with Crippen molar-refractivity contribution in [2.45, 2.75) is 18.5 Å². The molecule has 1 unspecified atom stereocenters. The number of amides is 1. The van der Waals surface area contributed by atoms with Gasteiger partial charge in [-0.15, -0.1) is 0 Å². The first-order chi connectivity index (χ1) is 17.3. The Hall–Kier alpha value is -4.70. The van der Waals surface area contributed by atoms with Gasteiger partial charge in [0.25, 0.3) is 0 Å². The van der Waals surface area contributed by atoms with Gasteiger partial charge in [0.05, 0.1) is 12.7 Å². The fraction of sp³-hybridized carbons (Fsp3) is 0.200. The smallest absolute Gasteiger partial charge is 0.475 e. The second-order valence-electron chi connectivity index (χ2n) is 7.35. The number of ether oxygens (including phenoxy) is 1. The molecule has 2 N–H and O–H groups in total. The molecule has 0 spiro atoms. The normalized spacial score (nSPS) is 15.9. The number of aliphatic carboxylic acids is 1. The topological polar surface area (TPSA) is 139 Å². The van der Waals surface area contributed by atoms with E-state index in [0.29, 0.717) is 17.0 Å². The highest BCUT2D eigenvalue weighted by molar-refractivity contribution is 5.89. The maximum absolute atomic E-state index is 12.9. The van der Waals surface area contributed by atoms with Crippen molar-refractivity contribution in [1.82, 2.24) is 29.8 Å². The quantitative estimate of drug-likeness (QED) is 0.383. The summed E-state index contributed by atoms with van der Waals surface area (Å²) in [5, 5.41) is 17.9. The number of fused-ring (bicyclic) bond motifs is 1. The number of rotatable bonds is 3. The van der Waals surface area contributed by atoms with E-state index in [0.717, 1.165) is 16.0 Å². The summed E-state index contributed by atoms with van der Waals surface area (Å²) in [7, 11) is 0. The molecule has 0 saturated carbocycles. The zero-order valence-corrected chi connectivity index (χ0v) is 18.0. The number of nitrogens with one attached hydrogen (secondary N) is 1. The van der Waals surface area contributed by atoms with Gasteiger partial charge in [0.15, 0.2) is 11.5 Å². The molecular formula is C20H13F6N7O4. The summed E-state index contributed by atoms with van der Waals surface area (Å²) in [6, 6.07) is 8.78. The maximum Gasteiger partial charge on any atom is 0.490 e.